The molecule has 0 unspecified atom stereocenters. The third-order valence-electron chi connectivity index (χ3n) is 5.15. The van der Waals surface area contributed by atoms with Crippen LogP contribution in [-0.2, 0) is 4.79 Å². The maximum Gasteiger partial charge on any atom is 0.222 e. The van der Waals surface area contributed by atoms with Gasteiger partial charge in [0, 0.05) is 30.6 Å². The van der Waals surface area contributed by atoms with Crippen LogP contribution < -0.4 is 5.32 Å². The van der Waals surface area contributed by atoms with E-state index in [1.165, 1.54) is 0 Å². The molecule has 1 N–H and O–H groups in total. The Hall–Kier alpha value is -2.24. The molecule has 6 nitrogen and oxygen atoms in total. The molecule has 1 saturated carbocycles. The van der Waals surface area contributed by atoms with Crippen molar-refractivity contribution in [3.63, 3.8) is 0 Å². The normalized spacial score (nSPS) is 20.3. The molecule has 0 aliphatic heterocycles. The number of nitrogens with zero attached hydrogens (tertiary/aromatic N) is 3. The molecule has 0 spiro atoms. The number of aryl methyl sites for hydroxylation is 2. The highest BCUT2D eigenvalue weighted by molar-refractivity contribution is 5.77. The fourth-order valence-corrected chi connectivity index (χ4v) is 3.57. The lowest BCUT2D eigenvalue weighted by Crippen LogP contribution is -2.33. The largest absolute Gasteiger partial charge is 0.356 e. The van der Waals surface area contributed by atoms with Crippen LogP contribution in [0.2, 0.25) is 0 Å². The highest BCUT2D eigenvalue weighted by atomic mass is 16.5. The van der Waals surface area contributed by atoms with E-state index < -0.39 is 0 Å². The van der Waals surface area contributed by atoms with Crippen molar-refractivity contribution in [2.45, 2.75) is 59.3 Å². The molecule has 1 fully saturated rings. The maximum absolute atomic E-state index is 11.8. The van der Waals surface area contributed by atoms with Crippen LogP contribution >= 0.6 is 0 Å². The summed E-state index contributed by atoms with van der Waals surface area (Å²) in [6.07, 6.45) is 6.19. The molecular weight excluding hydrogens is 328 g/mol. The van der Waals surface area contributed by atoms with Gasteiger partial charge in [-0.3, -0.25) is 4.79 Å². The first-order valence-corrected chi connectivity index (χ1v) is 9.49. The molecule has 1 aliphatic carbocycles. The predicted octanol–water partition coefficient (Wildman–Crippen LogP) is 3.79. The predicted molar refractivity (Wildman–Crippen MR) is 99.5 cm³/mol. The Morgan fingerprint density at radius 2 is 2.00 bits per heavy atom. The van der Waals surface area contributed by atoms with Crippen molar-refractivity contribution in [3.8, 4) is 11.3 Å². The Balaban J connectivity index is 1.68. The molecule has 0 bridgehead atoms. The topological polar surface area (TPSA) is 80.9 Å². The average Bonchev–Trinajstić information content (AvgIpc) is 3.06. The van der Waals surface area contributed by atoms with Gasteiger partial charge in [-0.15, -0.1) is 0 Å². The number of rotatable bonds is 5. The number of hydrogen-bond acceptors (Lipinski definition) is 5. The summed E-state index contributed by atoms with van der Waals surface area (Å²) in [5.74, 6) is 2.65. The maximum atomic E-state index is 11.8. The molecule has 0 radical (unpaired) electrons. The highest BCUT2D eigenvalue weighted by Gasteiger charge is 2.27. The van der Waals surface area contributed by atoms with E-state index in [0.29, 0.717) is 11.8 Å². The van der Waals surface area contributed by atoms with Crippen molar-refractivity contribution >= 4 is 5.91 Å². The second-order valence-electron chi connectivity index (χ2n) is 7.67. The Morgan fingerprint density at radius 3 is 2.62 bits per heavy atom. The van der Waals surface area contributed by atoms with Gasteiger partial charge < -0.3 is 9.84 Å². The average molecular weight is 356 g/mol. The monoisotopic (exact) mass is 356 g/mol. The Bertz CT molecular complexity index is 761. The van der Waals surface area contributed by atoms with Crippen molar-refractivity contribution < 1.29 is 9.32 Å². The van der Waals surface area contributed by atoms with E-state index in [9.17, 15) is 4.79 Å². The second kappa shape index (κ2) is 7.98. The van der Waals surface area contributed by atoms with E-state index in [1.54, 1.807) is 0 Å². The molecular formula is C20H28N4O2. The van der Waals surface area contributed by atoms with E-state index in [2.05, 4.69) is 15.5 Å². The van der Waals surface area contributed by atoms with Gasteiger partial charge >= 0.3 is 0 Å². The minimum absolute atomic E-state index is 0.0447. The van der Waals surface area contributed by atoms with Crippen LogP contribution in [0.15, 0.2) is 16.8 Å². The smallest absolute Gasteiger partial charge is 0.222 e. The van der Waals surface area contributed by atoms with E-state index in [-0.39, 0.29) is 11.8 Å². The van der Waals surface area contributed by atoms with Gasteiger partial charge in [-0.05, 0) is 45.4 Å². The molecule has 0 saturated heterocycles. The van der Waals surface area contributed by atoms with Gasteiger partial charge in [0.1, 0.15) is 5.82 Å². The summed E-state index contributed by atoms with van der Waals surface area (Å²) in [5.41, 5.74) is 2.88. The van der Waals surface area contributed by atoms with Gasteiger partial charge in [-0.1, -0.05) is 19.0 Å². The third kappa shape index (κ3) is 4.29. The highest BCUT2D eigenvalue weighted by Crippen LogP contribution is 2.38. The quantitative estimate of drug-likeness (QED) is 0.881. The van der Waals surface area contributed by atoms with Crippen LogP contribution in [0, 0.1) is 25.7 Å². The van der Waals surface area contributed by atoms with Gasteiger partial charge in [0.25, 0.3) is 0 Å². The third-order valence-corrected chi connectivity index (χ3v) is 5.15. The number of nitrogens with one attached hydrogen (secondary N) is 1. The molecule has 26 heavy (non-hydrogen) atoms. The number of amides is 1. The van der Waals surface area contributed by atoms with Crippen LogP contribution in [0.5, 0.6) is 0 Å². The van der Waals surface area contributed by atoms with Crippen LogP contribution in [0.25, 0.3) is 11.3 Å². The zero-order valence-corrected chi connectivity index (χ0v) is 16.1. The van der Waals surface area contributed by atoms with Crippen molar-refractivity contribution in [1.29, 1.82) is 0 Å². The summed E-state index contributed by atoms with van der Waals surface area (Å²) in [4.78, 5) is 20.9. The first kappa shape index (κ1) is 18.5. The lowest BCUT2D eigenvalue weighted by Gasteiger charge is -2.29. The second-order valence-corrected chi connectivity index (χ2v) is 7.67. The van der Waals surface area contributed by atoms with E-state index in [4.69, 9.17) is 9.51 Å². The number of carbonyl (C=O) groups excluding carboxylic acids is 1. The molecule has 3 rings (SSSR count). The molecule has 2 heterocycles. The van der Waals surface area contributed by atoms with Gasteiger partial charge in [0.05, 0.1) is 17.0 Å². The van der Waals surface area contributed by atoms with E-state index in [0.717, 1.165) is 60.8 Å². The molecule has 0 atom stereocenters. The molecule has 2 aromatic heterocycles. The Morgan fingerprint density at radius 1 is 1.27 bits per heavy atom. The van der Waals surface area contributed by atoms with Gasteiger partial charge in [-0.2, -0.15) is 0 Å². The number of carbonyl (C=O) groups is 1. The standard InChI is InChI=1S/C20H28N4O2/c1-12(2)20(25)22-10-15-5-7-16(8-6-15)19-17(11-21-14(4)23-19)18-9-13(3)24-26-18/h9,11-12,15-16H,5-8,10H2,1-4H3,(H,22,25). The van der Waals surface area contributed by atoms with Crippen LogP contribution in [0.3, 0.4) is 0 Å². The molecule has 2 aromatic rings. The van der Waals surface area contributed by atoms with E-state index >= 15 is 0 Å². The van der Waals surface area contributed by atoms with Crippen LogP contribution in [0.4, 0.5) is 0 Å². The van der Waals surface area contributed by atoms with Crippen molar-refractivity contribution in [1.82, 2.24) is 20.4 Å². The van der Waals surface area contributed by atoms with Gasteiger partial charge in [0.2, 0.25) is 5.91 Å². The zero-order chi connectivity index (χ0) is 18.7. The number of hydrogen-bond donors (Lipinski definition) is 1. The first-order valence-electron chi connectivity index (χ1n) is 9.49. The number of aromatic nitrogens is 3. The molecule has 140 valence electrons. The van der Waals surface area contributed by atoms with Crippen LogP contribution in [-0.4, -0.2) is 27.6 Å². The fourth-order valence-electron chi connectivity index (χ4n) is 3.57. The van der Waals surface area contributed by atoms with Crippen molar-refractivity contribution in [3.05, 3.63) is 29.5 Å². The lowest BCUT2D eigenvalue weighted by atomic mass is 9.79. The van der Waals surface area contributed by atoms with Crippen molar-refractivity contribution in [2.24, 2.45) is 11.8 Å². The molecule has 6 heteroatoms. The van der Waals surface area contributed by atoms with Gasteiger partial charge in [-0.25, -0.2) is 9.97 Å². The van der Waals surface area contributed by atoms with Gasteiger partial charge in [0.15, 0.2) is 5.76 Å². The molecule has 1 amide bonds. The summed E-state index contributed by atoms with van der Waals surface area (Å²) in [5, 5.41) is 7.07. The fraction of sp³-hybridized carbons (Fsp3) is 0.600. The first-order chi connectivity index (χ1) is 12.4. The van der Waals surface area contributed by atoms with Crippen molar-refractivity contribution in [2.75, 3.05) is 6.54 Å². The molecule has 1 aliphatic rings. The zero-order valence-electron chi connectivity index (χ0n) is 16.1. The van der Waals surface area contributed by atoms with Crippen LogP contribution in [0.1, 0.15) is 62.7 Å². The minimum Gasteiger partial charge on any atom is -0.356 e. The Labute approximate surface area is 154 Å². The SMILES string of the molecule is Cc1cc(-c2cnc(C)nc2C2CCC(CNC(=O)C(C)C)CC2)on1. The van der Waals surface area contributed by atoms with E-state index in [1.807, 2.05) is 40.0 Å². The summed E-state index contributed by atoms with van der Waals surface area (Å²) in [6, 6.07) is 1.94. The summed E-state index contributed by atoms with van der Waals surface area (Å²) < 4.78 is 5.45. The summed E-state index contributed by atoms with van der Waals surface area (Å²) >= 11 is 0. The minimum atomic E-state index is 0.0447. The Kier molecular flexibility index (Phi) is 5.69. The summed E-state index contributed by atoms with van der Waals surface area (Å²) in [6.45, 7) is 8.47. The summed E-state index contributed by atoms with van der Waals surface area (Å²) in [7, 11) is 0. The lowest BCUT2D eigenvalue weighted by molar-refractivity contribution is -0.124. The molecule has 0 aromatic carbocycles.